The van der Waals surface area contributed by atoms with Crippen LogP contribution >= 0.6 is 27.7 Å². The highest BCUT2D eigenvalue weighted by molar-refractivity contribution is 9.10. The second-order valence-electron chi connectivity index (χ2n) is 3.80. The average Bonchev–Trinajstić information content (AvgIpc) is 2.30. The van der Waals surface area contributed by atoms with Crippen molar-refractivity contribution in [1.82, 2.24) is 4.98 Å². The van der Waals surface area contributed by atoms with Crippen LogP contribution in [-0.2, 0) is 9.53 Å². The fourth-order valence-corrected chi connectivity index (χ4v) is 2.83. The minimum absolute atomic E-state index is 0.391. The number of methoxy groups -OCH3 is 1. The van der Waals surface area contributed by atoms with Gasteiger partial charge in [0.25, 0.3) is 0 Å². The molecule has 17 heavy (non-hydrogen) atoms. The Hall–Kier alpha value is -0.590. The number of thioether (sulfide) groups is 1. The number of esters is 1. The third-order valence-corrected chi connectivity index (χ3v) is 4.15. The largest absolute Gasteiger partial charge is 0.468 e. The number of carbonyl (C=O) groups excluding carboxylic acids is 1. The Labute approximate surface area is 113 Å². The summed E-state index contributed by atoms with van der Waals surface area (Å²) in [7, 11) is 1.34. The lowest BCUT2D eigenvalue weighted by Crippen LogP contribution is -2.46. The molecule has 0 aromatic carbocycles. The van der Waals surface area contributed by atoms with Crippen molar-refractivity contribution in [3.05, 3.63) is 22.8 Å². The summed E-state index contributed by atoms with van der Waals surface area (Å²) < 4.78 is 5.59. The smallest absolute Gasteiger partial charge is 0.325 e. The molecule has 1 unspecified atom stereocenters. The minimum Gasteiger partial charge on any atom is -0.468 e. The van der Waals surface area contributed by atoms with Crippen LogP contribution in [0.5, 0.6) is 0 Å². The van der Waals surface area contributed by atoms with Crippen molar-refractivity contribution in [2.75, 3.05) is 12.9 Å². The number of aromatic nitrogens is 1. The van der Waals surface area contributed by atoms with Crippen molar-refractivity contribution in [2.45, 2.75) is 23.9 Å². The summed E-state index contributed by atoms with van der Waals surface area (Å²) in [5.74, 6) is 0.315. The van der Waals surface area contributed by atoms with Gasteiger partial charge in [0.05, 0.1) is 7.11 Å². The summed E-state index contributed by atoms with van der Waals surface area (Å²) in [5.41, 5.74) is 4.91. The fraction of sp³-hybridized carbons (Fsp3) is 0.455. The zero-order chi connectivity index (χ0) is 12.9. The van der Waals surface area contributed by atoms with Crippen LogP contribution in [0.15, 0.2) is 27.8 Å². The van der Waals surface area contributed by atoms with Gasteiger partial charge in [-0.2, -0.15) is 0 Å². The number of ether oxygens (including phenoxy) is 1. The molecule has 0 bridgehead atoms. The molecule has 1 aromatic rings. The van der Waals surface area contributed by atoms with Gasteiger partial charge in [0.1, 0.15) is 10.6 Å². The molecule has 0 aliphatic rings. The summed E-state index contributed by atoms with van der Waals surface area (Å²) in [6.45, 7) is 1.67. The van der Waals surface area contributed by atoms with E-state index < -0.39 is 11.5 Å². The van der Waals surface area contributed by atoms with E-state index in [4.69, 9.17) is 5.73 Å². The normalized spacial score (nSPS) is 14.1. The predicted octanol–water partition coefficient (Wildman–Crippen LogP) is 2.22. The van der Waals surface area contributed by atoms with E-state index in [1.165, 1.54) is 7.11 Å². The molecule has 94 valence electrons. The van der Waals surface area contributed by atoms with Gasteiger partial charge in [-0.25, -0.2) is 4.98 Å². The summed E-state index contributed by atoms with van der Waals surface area (Å²) in [6.07, 6.45) is 2.27. The molecule has 1 atom stereocenters. The molecule has 1 heterocycles. The number of pyridine rings is 1. The quantitative estimate of drug-likeness (QED) is 0.666. The maximum absolute atomic E-state index is 11.4. The van der Waals surface area contributed by atoms with Gasteiger partial charge in [-0.05, 0) is 41.4 Å². The maximum Gasteiger partial charge on any atom is 0.325 e. The highest BCUT2D eigenvalue weighted by Crippen LogP contribution is 2.26. The molecule has 0 aliphatic heterocycles. The molecule has 0 radical (unpaired) electrons. The molecule has 1 rings (SSSR count). The van der Waals surface area contributed by atoms with Crippen molar-refractivity contribution in [3.8, 4) is 0 Å². The van der Waals surface area contributed by atoms with Gasteiger partial charge in [0, 0.05) is 16.4 Å². The Morgan fingerprint density at radius 3 is 3.00 bits per heavy atom. The first kappa shape index (κ1) is 14.5. The third kappa shape index (κ3) is 4.29. The van der Waals surface area contributed by atoms with Crippen LogP contribution in [-0.4, -0.2) is 29.4 Å². The lowest BCUT2D eigenvalue weighted by Gasteiger charge is -2.20. The number of carbonyl (C=O) groups is 1. The molecule has 0 spiro atoms. The van der Waals surface area contributed by atoms with Crippen molar-refractivity contribution in [2.24, 2.45) is 5.73 Å². The second kappa shape index (κ2) is 6.37. The van der Waals surface area contributed by atoms with E-state index in [0.29, 0.717) is 12.2 Å². The van der Waals surface area contributed by atoms with E-state index in [-0.39, 0.29) is 0 Å². The predicted molar refractivity (Wildman–Crippen MR) is 71.9 cm³/mol. The molecule has 0 saturated carbocycles. The third-order valence-electron chi connectivity index (χ3n) is 2.24. The first-order chi connectivity index (χ1) is 7.97. The fourth-order valence-electron chi connectivity index (χ4n) is 1.17. The molecule has 4 nitrogen and oxygen atoms in total. The Bertz CT molecular complexity index is 399. The Kier molecular flexibility index (Phi) is 5.42. The SMILES string of the molecule is COC(=O)C(C)(N)CCSc1ncccc1Br. The lowest BCUT2D eigenvalue weighted by atomic mass is 10.0. The van der Waals surface area contributed by atoms with Crippen LogP contribution in [0.4, 0.5) is 0 Å². The number of rotatable bonds is 5. The van der Waals surface area contributed by atoms with Crippen molar-refractivity contribution >= 4 is 33.7 Å². The van der Waals surface area contributed by atoms with Crippen molar-refractivity contribution in [3.63, 3.8) is 0 Å². The number of hydrogen-bond acceptors (Lipinski definition) is 5. The highest BCUT2D eigenvalue weighted by atomic mass is 79.9. The molecule has 1 aromatic heterocycles. The monoisotopic (exact) mass is 318 g/mol. The van der Waals surface area contributed by atoms with Gasteiger partial charge in [-0.15, -0.1) is 11.8 Å². The van der Waals surface area contributed by atoms with Crippen molar-refractivity contribution in [1.29, 1.82) is 0 Å². The van der Waals surface area contributed by atoms with E-state index in [1.807, 2.05) is 12.1 Å². The van der Waals surface area contributed by atoms with Gasteiger partial charge < -0.3 is 10.5 Å². The Balaban J connectivity index is 2.48. The lowest BCUT2D eigenvalue weighted by molar-refractivity contribution is -0.146. The van der Waals surface area contributed by atoms with Crippen molar-refractivity contribution < 1.29 is 9.53 Å². The topological polar surface area (TPSA) is 65.2 Å². The summed E-state index contributed by atoms with van der Waals surface area (Å²) in [6, 6.07) is 3.78. The number of halogens is 1. The van der Waals surface area contributed by atoms with Crippen LogP contribution in [0.25, 0.3) is 0 Å². The number of nitrogens with zero attached hydrogens (tertiary/aromatic N) is 1. The van der Waals surface area contributed by atoms with Crippen LogP contribution in [0.1, 0.15) is 13.3 Å². The summed E-state index contributed by atoms with van der Waals surface area (Å²) >= 11 is 4.97. The molecular weight excluding hydrogens is 304 g/mol. The van der Waals surface area contributed by atoms with Gasteiger partial charge >= 0.3 is 5.97 Å². The first-order valence-electron chi connectivity index (χ1n) is 5.08. The van der Waals surface area contributed by atoms with E-state index in [9.17, 15) is 4.79 Å². The van der Waals surface area contributed by atoms with Crippen LogP contribution < -0.4 is 5.73 Å². The van der Waals surface area contributed by atoms with Gasteiger partial charge in [0.15, 0.2) is 0 Å². The summed E-state index contributed by atoms with van der Waals surface area (Å²) in [4.78, 5) is 15.6. The Morgan fingerprint density at radius 2 is 2.41 bits per heavy atom. The van der Waals surface area contributed by atoms with E-state index >= 15 is 0 Å². The zero-order valence-corrected chi connectivity index (χ0v) is 12.2. The van der Waals surface area contributed by atoms with Gasteiger partial charge in [-0.1, -0.05) is 0 Å². The van der Waals surface area contributed by atoms with E-state index in [0.717, 1.165) is 9.50 Å². The Morgan fingerprint density at radius 1 is 1.71 bits per heavy atom. The first-order valence-corrected chi connectivity index (χ1v) is 6.86. The number of nitrogens with two attached hydrogens (primary N) is 1. The van der Waals surface area contributed by atoms with Crippen LogP contribution in [0, 0.1) is 0 Å². The minimum atomic E-state index is -0.941. The number of hydrogen-bond donors (Lipinski definition) is 1. The molecule has 0 aliphatic carbocycles. The second-order valence-corrected chi connectivity index (χ2v) is 5.74. The maximum atomic E-state index is 11.4. The standard InChI is InChI=1S/C11H15BrN2O2S/c1-11(13,10(15)16-2)5-7-17-9-8(12)4-3-6-14-9/h3-4,6H,5,7,13H2,1-2H3. The van der Waals surface area contributed by atoms with Crippen LogP contribution in [0.2, 0.25) is 0 Å². The van der Waals surface area contributed by atoms with Crippen LogP contribution in [0.3, 0.4) is 0 Å². The molecule has 0 fully saturated rings. The summed E-state index contributed by atoms with van der Waals surface area (Å²) in [5, 5.41) is 0.896. The zero-order valence-electron chi connectivity index (χ0n) is 9.77. The molecule has 0 saturated heterocycles. The average molecular weight is 319 g/mol. The van der Waals surface area contributed by atoms with Gasteiger partial charge in [-0.3, -0.25) is 4.79 Å². The van der Waals surface area contributed by atoms with E-state index in [2.05, 4.69) is 25.7 Å². The van der Waals surface area contributed by atoms with E-state index in [1.54, 1.807) is 24.9 Å². The molecule has 0 amide bonds. The molecule has 2 N–H and O–H groups in total. The molecule has 6 heteroatoms. The van der Waals surface area contributed by atoms with Gasteiger partial charge in [0.2, 0.25) is 0 Å². The molecular formula is C11H15BrN2O2S. The highest BCUT2D eigenvalue weighted by Gasteiger charge is 2.28.